The summed E-state index contributed by atoms with van der Waals surface area (Å²) in [4.78, 5) is 12.3. The minimum absolute atomic E-state index is 0. The van der Waals surface area contributed by atoms with Crippen LogP contribution >= 0.6 is 28.6 Å². The minimum Gasteiger partial charge on any atom is -0.412 e. The lowest BCUT2D eigenvalue weighted by Crippen LogP contribution is -2.41. The first-order valence-corrected chi connectivity index (χ1v) is 6.23. The Morgan fingerprint density at radius 2 is 1.80 bits per heavy atom. The second kappa shape index (κ2) is 8.15. The van der Waals surface area contributed by atoms with Crippen molar-refractivity contribution in [1.82, 2.24) is 0 Å². The molecule has 1 atom stereocenters. The van der Waals surface area contributed by atoms with Crippen LogP contribution in [0.2, 0.25) is 5.02 Å². The van der Waals surface area contributed by atoms with Crippen LogP contribution in [0.3, 0.4) is 0 Å². The third-order valence-corrected chi connectivity index (χ3v) is 3.18. The molecule has 0 aliphatic carbocycles. The van der Waals surface area contributed by atoms with E-state index in [2.05, 4.69) is 0 Å². The van der Waals surface area contributed by atoms with Crippen molar-refractivity contribution in [2.75, 3.05) is 0 Å². The minimum atomic E-state index is -0.217. The van der Waals surface area contributed by atoms with Crippen LogP contribution in [-0.4, -0.2) is 11.3 Å². The predicted octanol–water partition coefficient (Wildman–Crippen LogP) is 3.13. The molecule has 2 N–H and O–H groups in total. The van der Waals surface area contributed by atoms with E-state index in [0.29, 0.717) is 10.6 Å². The Kier molecular flexibility index (Phi) is 7.64. The van der Waals surface area contributed by atoms with Gasteiger partial charge in [0.1, 0.15) is 0 Å². The first kappa shape index (κ1) is 18.8. The number of benzene rings is 1. The number of hydrogen-bond acceptors (Lipinski definition) is 1. The first-order valence-electron chi connectivity index (χ1n) is 5.85. The average Bonchev–Trinajstić information content (AvgIpc) is 2.38. The van der Waals surface area contributed by atoms with Gasteiger partial charge in [-0.05, 0) is 37.3 Å². The number of pyridine rings is 1. The maximum absolute atomic E-state index is 12.3. The molecule has 0 aliphatic heterocycles. The van der Waals surface area contributed by atoms with Crippen molar-refractivity contribution in [3.8, 4) is 0 Å². The molecule has 1 aromatic heterocycles. The van der Waals surface area contributed by atoms with Crippen LogP contribution in [-0.2, 0) is 0 Å². The Morgan fingerprint density at radius 3 is 2.35 bits per heavy atom. The Morgan fingerprint density at radius 1 is 1.20 bits per heavy atom. The zero-order valence-corrected chi connectivity index (χ0v) is 13.8. The Bertz CT molecular complexity index is 572. The lowest BCUT2D eigenvalue weighted by molar-refractivity contribution is -0.705. The summed E-state index contributed by atoms with van der Waals surface area (Å²) in [5.41, 5.74) is 1.81. The van der Waals surface area contributed by atoms with Crippen molar-refractivity contribution in [3.05, 3.63) is 64.9 Å². The molecule has 1 unspecified atom stereocenters. The van der Waals surface area contributed by atoms with E-state index in [9.17, 15) is 4.79 Å². The van der Waals surface area contributed by atoms with Crippen molar-refractivity contribution in [3.63, 3.8) is 0 Å². The number of hydrogen-bond donors (Lipinski definition) is 0. The van der Waals surface area contributed by atoms with Gasteiger partial charge >= 0.3 is 0 Å². The highest BCUT2D eigenvalue weighted by Gasteiger charge is 2.23. The molecule has 5 heteroatoms. The summed E-state index contributed by atoms with van der Waals surface area (Å²) in [7, 11) is 0. The average molecular weight is 360 g/mol. The topological polar surface area (TPSA) is 52.5 Å². The van der Waals surface area contributed by atoms with Gasteiger partial charge in [0, 0.05) is 29.1 Å². The quantitative estimate of drug-likeness (QED) is 0.613. The summed E-state index contributed by atoms with van der Waals surface area (Å²) in [6.45, 7) is 3.91. The van der Waals surface area contributed by atoms with E-state index in [-0.39, 0.29) is 34.3 Å². The summed E-state index contributed by atoms with van der Waals surface area (Å²) in [5, 5.41) is 0.641. The third kappa shape index (κ3) is 4.40. The summed E-state index contributed by atoms with van der Waals surface area (Å²) < 4.78 is 1.92. The molecule has 0 bridgehead atoms. The van der Waals surface area contributed by atoms with E-state index in [1.165, 1.54) is 0 Å². The summed E-state index contributed by atoms with van der Waals surface area (Å²) >= 11 is 5.82. The molecule has 0 fully saturated rings. The van der Waals surface area contributed by atoms with Gasteiger partial charge in [-0.25, -0.2) is 0 Å². The molecule has 0 saturated heterocycles. The van der Waals surface area contributed by atoms with Gasteiger partial charge in [-0.15, -0.1) is 17.0 Å². The molecule has 20 heavy (non-hydrogen) atoms. The maximum atomic E-state index is 12.3. The number of carbonyl (C=O) groups is 1. The Balaban J connectivity index is 0.00000180. The van der Waals surface area contributed by atoms with E-state index in [0.717, 1.165) is 5.56 Å². The molecule has 0 amide bonds. The zero-order valence-electron chi connectivity index (χ0n) is 11.3. The van der Waals surface area contributed by atoms with Crippen LogP contribution in [0, 0.1) is 6.92 Å². The fourth-order valence-electron chi connectivity index (χ4n) is 1.85. The Hall–Kier alpha value is -1.23. The summed E-state index contributed by atoms with van der Waals surface area (Å²) in [6, 6.07) is 10.7. The largest absolute Gasteiger partial charge is 0.412 e. The molecule has 2 aromatic rings. The van der Waals surface area contributed by atoms with Crippen molar-refractivity contribution in [2.45, 2.75) is 19.9 Å². The first-order chi connectivity index (χ1) is 8.58. The number of aryl methyl sites for hydroxylation is 1. The number of carbonyl (C=O) groups excluding carboxylic acids is 1. The normalized spacial score (nSPS) is 10.9. The molecule has 3 nitrogen and oxygen atoms in total. The SMILES string of the molecule is Br.Cc1ccc[n+](C(C)C(=O)c2ccc(Cl)cc2)c1.O. The number of nitrogens with zero attached hydrogens (tertiary/aromatic N) is 1. The maximum Gasteiger partial charge on any atom is 0.230 e. The fourth-order valence-corrected chi connectivity index (χ4v) is 1.97. The van der Waals surface area contributed by atoms with Crippen molar-refractivity contribution >= 4 is 34.4 Å². The van der Waals surface area contributed by atoms with Gasteiger partial charge in [0.15, 0.2) is 12.4 Å². The molecule has 108 valence electrons. The molecule has 0 aliphatic rings. The second-order valence-electron chi connectivity index (χ2n) is 4.38. The highest BCUT2D eigenvalue weighted by atomic mass is 79.9. The third-order valence-electron chi connectivity index (χ3n) is 2.93. The van der Waals surface area contributed by atoms with Crippen LogP contribution in [0.25, 0.3) is 0 Å². The number of Topliss-reactive ketones (excluding diaryl/α,β-unsaturated/α-hetero) is 1. The van der Waals surface area contributed by atoms with Crippen molar-refractivity contribution < 1.29 is 14.8 Å². The van der Waals surface area contributed by atoms with Gasteiger partial charge in [-0.2, -0.15) is 4.57 Å². The van der Waals surface area contributed by atoms with E-state index >= 15 is 0 Å². The molecule has 0 radical (unpaired) electrons. The van der Waals surface area contributed by atoms with Crippen molar-refractivity contribution in [1.29, 1.82) is 0 Å². The standard InChI is InChI=1S/C15H15ClNO.BrH.H2O/c1-11-4-3-9-17(10-11)12(2)15(18)13-5-7-14(16)8-6-13;;/h3-10,12H,1-2H3;1H;1H2/q+1;;. The Labute approximate surface area is 134 Å². The predicted molar refractivity (Wildman–Crippen MR) is 85.8 cm³/mol. The number of ketones is 1. The number of halogens is 2. The highest BCUT2D eigenvalue weighted by molar-refractivity contribution is 8.93. The molecule has 1 aromatic carbocycles. The number of aromatic nitrogens is 1. The molecule has 0 spiro atoms. The van der Waals surface area contributed by atoms with E-state index in [4.69, 9.17) is 11.6 Å². The summed E-state index contributed by atoms with van der Waals surface area (Å²) in [5.74, 6) is 0.0854. The van der Waals surface area contributed by atoms with Gasteiger partial charge in [0.05, 0.1) is 0 Å². The molecule has 1 heterocycles. The van der Waals surface area contributed by atoms with Crippen LogP contribution in [0.15, 0.2) is 48.8 Å². The van der Waals surface area contributed by atoms with Gasteiger partial charge in [-0.1, -0.05) is 11.6 Å². The molecular weight excluding hydrogens is 342 g/mol. The van der Waals surface area contributed by atoms with Gasteiger partial charge in [-0.3, -0.25) is 4.79 Å². The van der Waals surface area contributed by atoms with E-state index in [1.807, 2.05) is 42.9 Å². The van der Waals surface area contributed by atoms with Gasteiger partial charge in [0.2, 0.25) is 11.8 Å². The lowest BCUT2D eigenvalue weighted by atomic mass is 10.1. The highest BCUT2D eigenvalue weighted by Crippen LogP contribution is 2.13. The van der Waals surface area contributed by atoms with Gasteiger partial charge in [0.25, 0.3) is 0 Å². The van der Waals surface area contributed by atoms with Crippen LogP contribution in [0.5, 0.6) is 0 Å². The van der Waals surface area contributed by atoms with Crippen molar-refractivity contribution in [2.24, 2.45) is 0 Å². The zero-order chi connectivity index (χ0) is 13.1. The fraction of sp³-hybridized carbons (Fsp3) is 0.200. The van der Waals surface area contributed by atoms with Gasteiger partial charge < -0.3 is 5.48 Å². The second-order valence-corrected chi connectivity index (χ2v) is 4.81. The van der Waals surface area contributed by atoms with Crippen LogP contribution in [0.1, 0.15) is 28.9 Å². The summed E-state index contributed by atoms with van der Waals surface area (Å²) in [6.07, 6.45) is 3.88. The molecule has 2 rings (SSSR count). The monoisotopic (exact) mass is 358 g/mol. The molecular formula is C15H18BrClNO2+. The lowest BCUT2D eigenvalue weighted by Gasteiger charge is -2.06. The number of rotatable bonds is 3. The molecule has 0 saturated carbocycles. The van der Waals surface area contributed by atoms with Crippen LogP contribution < -0.4 is 4.57 Å². The van der Waals surface area contributed by atoms with Crippen LogP contribution in [0.4, 0.5) is 0 Å². The van der Waals surface area contributed by atoms with E-state index < -0.39 is 0 Å². The van der Waals surface area contributed by atoms with E-state index in [1.54, 1.807) is 24.3 Å². The smallest absolute Gasteiger partial charge is 0.230 e.